The zero-order valence-electron chi connectivity index (χ0n) is 8.72. The Balaban J connectivity index is 2.43. The van der Waals surface area contributed by atoms with Crippen molar-refractivity contribution >= 4 is 17.5 Å². The molecule has 1 aliphatic rings. The van der Waals surface area contributed by atoms with Crippen molar-refractivity contribution in [1.29, 1.82) is 0 Å². The van der Waals surface area contributed by atoms with E-state index < -0.39 is 0 Å². The molecule has 0 saturated carbocycles. The van der Waals surface area contributed by atoms with Gasteiger partial charge in [0.15, 0.2) is 0 Å². The first kappa shape index (κ1) is 10.4. The van der Waals surface area contributed by atoms with Crippen LogP contribution in [0, 0.1) is 0 Å². The van der Waals surface area contributed by atoms with E-state index in [0.717, 1.165) is 5.56 Å². The molecule has 2 amide bonds. The number of anilines is 1. The van der Waals surface area contributed by atoms with E-state index >= 15 is 0 Å². The fraction of sp³-hybridized carbons (Fsp3) is 0.0769. The van der Waals surface area contributed by atoms with Crippen LogP contribution in [0.3, 0.4) is 0 Å². The van der Waals surface area contributed by atoms with E-state index in [1.165, 1.54) is 17.1 Å². The summed E-state index contributed by atoms with van der Waals surface area (Å²) in [5.41, 5.74) is 1.56. The van der Waals surface area contributed by atoms with Gasteiger partial charge >= 0.3 is 0 Å². The number of benzene rings is 1. The van der Waals surface area contributed by atoms with E-state index in [-0.39, 0.29) is 11.8 Å². The topological polar surface area (TPSA) is 37.4 Å². The third kappa shape index (κ3) is 1.67. The van der Waals surface area contributed by atoms with Gasteiger partial charge in [0.05, 0.1) is 5.69 Å². The van der Waals surface area contributed by atoms with Crippen molar-refractivity contribution in [2.45, 2.75) is 6.42 Å². The molecule has 0 saturated heterocycles. The van der Waals surface area contributed by atoms with Crippen molar-refractivity contribution in [2.75, 3.05) is 4.90 Å². The van der Waals surface area contributed by atoms with Crippen molar-refractivity contribution in [3.8, 4) is 0 Å². The van der Waals surface area contributed by atoms with Gasteiger partial charge in [-0.1, -0.05) is 24.3 Å². The monoisotopic (exact) mass is 213 g/mol. The zero-order valence-corrected chi connectivity index (χ0v) is 8.72. The molecule has 0 aromatic heterocycles. The lowest BCUT2D eigenvalue weighted by atomic mass is 10.1. The van der Waals surface area contributed by atoms with E-state index in [9.17, 15) is 9.59 Å². The minimum Gasteiger partial charge on any atom is -0.269 e. The highest BCUT2D eigenvalue weighted by molar-refractivity contribution is 6.28. The molecule has 1 heterocycles. The third-order valence-electron chi connectivity index (χ3n) is 2.41. The Labute approximate surface area is 93.7 Å². The van der Waals surface area contributed by atoms with E-state index in [1.54, 1.807) is 18.2 Å². The number of amides is 2. The van der Waals surface area contributed by atoms with E-state index in [2.05, 4.69) is 6.58 Å². The molecule has 0 N–H and O–H groups in total. The summed E-state index contributed by atoms with van der Waals surface area (Å²) >= 11 is 0. The molecule has 3 nitrogen and oxygen atoms in total. The van der Waals surface area contributed by atoms with E-state index in [1.807, 2.05) is 12.1 Å². The van der Waals surface area contributed by atoms with Crippen LogP contribution in [0.25, 0.3) is 0 Å². The second kappa shape index (κ2) is 4.14. The lowest BCUT2D eigenvalue weighted by Gasteiger charge is -2.17. The standard InChI is InChI=1S/C13H11NO2/c1-2-5-10-6-3-4-7-11(10)14-12(15)8-9-13(14)16/h2-4,6-9H,1,5H2. The minimum atomic E-state index is -0.290. The van der Waals surface area contributed by atoms with Crippen LogP contribution in [0.5, 0.6) is 0 Å². The summed E-state index contributed by atoms with van der Waals surface area (Å²) in [6, 6.07) is 7.33. The third-order valence-corrected chi connectivity index (χ3v) is 2.41. The van der Waals surface area contributed by atoms with Gasteiger partial charge in [-0.15, -0.1) is 6.58 Å². The average molecular weight is 213 g/mol. The predicted octanol–water partition coefficient (Wildman–Crippen LogP) is 1.84. The Hall–Kier alpha value is -2.16. The van der Waals surface area contributed by atoms with Gasteiger partial charge in [-0.25, -0.2) is 4.90 Å². The Morgan fingerprint density at radius 2 is 1.75 bits per heavy atom. The number of nitrogens with zero attached hydrogens (tertiary/aromatic N) is 1. The van der Waals surface area contributed by atoms with Gasteiger partial charge in [-0.3, -0.25) is 9.59 Å². The van der Waals surface area contributed by atoms with Crippen LogP contribution in [0.4, 0.5) is 5.69 Å². The van der Waals surface area contributed by atoms with Gasteiger partial charge < -0.3 is 0 Å². The first-order chi connectivity index (χ1) is 7.74. The lowest BCUT2D eigenvalue weighted by Crippen LogP contribution is -2.30. The molecular formula is C13H11NO2. The maximum absolute atomic E-state index is 11.5. The van der Waals surface area contributed by atoms with Crippen molar-refractivity contribution in [1.82, 2.24) is 0 Å². The summed E-state index contributed by atoms with van der Waals surface area (Å²) in [7, 11) is 0. The predicted molar refractivity (Wildman–Crippen MR) is 62.0 cm³/mol. The smallest absolute Gasteiger partial charge is 0.258 e. The van der Waals surface area contributed by atoms with Gasteiger partial charge in [-0.05, 0) is 18.1 Å². The SMILES string of the molecule is C=CCc1ccccc1N1C(=O)C=CC1=O. The summed E-state index contributed by atoms with van der Waals surface area (Å²) in [4.78, 5) is 24.2. The van der Waals surface area contributed by atoms with Gasteiger partial charge in [0.25, 0.3) is 11.8 Å². The van der Waals surface area contributed by atoms with Crippen molar-refractivity contribution < 1.29 is 9.59 Å². The van der Waals surface area contributed by atoms with Gasteiger partial charge in [0.2, 0.25) is 0 Å². The van der Waals surface area contributed by atoms with Gasteiger partial charge in [-0.2, -0.15) is 0 Å². The van der Waals surface area contributed by atoms with Crippen molar-refractivity contribution in [2.24, 2.45) is 0 Å². The van der Waals surface area contributed by atoms with Crippen LogP contribution in [-0.4, -0.2) is 11.8 Å². The molecule has 16 heavy (non-hydrogen) atoms. The summed E-state index contributed by atoms with van der Waals surface area (Å²) in [5.74, 6) is -0.581. The highest BCUT2D eigenvalue weighted by atomic mass is 16.2. The maximum atomic E-state index is 11.5. The van der Waals surface area contributed by atoms with Crippen LogP contribution < -0.4 is 4.90 Å². The Kier molecular flexibility index (Phi) is 2.68. The van der Waals surface area contributed by atoms with Crippen LogP contribution in [-0.2, 0) is 16.0 Å². The highest BCUT2D eigenvalue weighted by Gasteiger charge is 2.26. The highest BCUT2D eigenvalue weighted by Crippen LogP contribution is 2.24. The second-order valence-corrected chi connectivity index (χ2v) is 3.47. The maximum Gasteiger partial charge on any atom is 0.258 e. The number of rotatable bonds is 3. The summed E-state index contributed by atoms with van der Waals surface area (Å²) in [6.45, 7) is 3.66. The van der Waals surface area contributed by atoms with Crippen molar-refractivity contribution in [3.05, 3.63) is 54.6 Å². The molecule has 3 heteroatoms. The molecule has 0 atom stereocenters. The molecule has 0 radical (unpaired) electrons. The number of carbonyl (C=O) groups is 2. The first-order valence-electron chi connectivity index (χ1n) is 4.99. The molecule has 1 aromatic carbocycles. The number of allylic oxidation sites excluding steroid dienone is 1. The number of hydrogen-bond acceptors (Lipinski definition) is 2. The molecule has 80 valence electrons. The number of imide groups is 1. The number of para-hydroxylation sites is 1. The Morgan fingerprint density at radius 3 is 2.38 bits per heavy atom. The van der Waals surface area contributed by atoms with Crippen LogP contribution >= 0.6 is 0 Å². The summed E-state index contributed by atoms with van der Waals surface area (Å²) < 4.78 is 0. The normalized spacial score (nSPS) is 14.6. The molecule has 1 aliphatic heterocycles. The molecule has 0 aliphatic carbocycles. The van der Waals surface area contributed by atoms with Gasteiger partial charge in [0.1, 0.15) is 0 Å². The number of hydrogen-bond donors (Lipinski definition) is 0. The Bertz CT molecular complexity index is 470. The average Bonchev–Trinajstić information content (AvgIpc) is 2.60. The number of carbonyl (C=O) groups excluding carboxylic acids is 2. The van der Waals surface area contributed by atoms with E-state index in [4.69, 9.17) is 0 Å². The quantitative estimate of drug-likeness (QED) is 0.567. The minimum absolute atomic E-state index is 0.290. The molecule has 0 bridgehead atoms. The van der Waals surface area contributed by atoms with Crippen molar-refractivity contribution in [3.63, 3.8) is 0 Å². The largest absolute Gasteiger partial charge is 0.269 e. The molecule has 2 rings (SSSR count). The zero-order chi connectivity index (χ0) is 11.5. The molecule has 0 unspecified atom stereocenters. The van der Waals surface area contributed by atoms with Crippen LogP contribution in [0.1, 0.15) is 5.56 Å². The second-order valence-electron chi connectivity index (χ2n) is 3.47. The van der Waals surface area contributed by atoms with Crippen LogP contribution in [0.15, 0.2) is 49.1 Å². The molecule has 0 fully saturated rings. The molecular weight excluding hydrogens is 202 g/mol. The van der Waals surface area contributed by atoms with Crippen LogP contribution in [0.2, 0.25) is 0 Å². The fourth-order valence-corrected chi connectivity index (χ4v) is 1.69. The molecule has 0 spiro atoms. The Morgan fingerprint density at radius 1 is 1.12 bits per heavy atom. The first-order valence-corrected chi connectivity index (χ1v) is 4.99. The lowest BCUT2D eigenvalue weighted by molar-refractivity contribution is -0.119. The van der Waals surface area contributed by atoms with Gasteiger partial charge in [0, 0.05) is 12.2 Å². The van der Waals surface area contributed by atoms with E-state index in [0.29, 0.717) is 12.1 Å². The fourth-order valence-electron chi connectivity index (χ4n) is 1.69. The summed E-state index contributed by atoms with van der Waals surface area (Å²) in [5, 5.41) is 0. The summed E-state index contributed by atoms with van der Waals surface area (Å²) in [6.07, 6.45) is 4.95. The molecule has 1 aromatic rings.